The standard InChI is InChI=1S/C18H19N7O/c1-25-16-5-10(3-4-15(16)23-24-25)13-8-19-17-14(13)9-20-18(22-17)21-11-6-12(7-11)26-2/h3-5,8-9,11-12H,6-7H2,1-2H3,(H2,19,20,21,22)/t11-,12+. The minimum atomic E-state index is 0.352. The molecule has 1 fully saturated rings. The van der Waals surface area contributed by atoms with Crippen molar-refractivity contribution in [2.45, 2.75) is 25.0 Å². The van der Waals surface area contributed by atoms with Crippen molar-refractivity contribution in [2.24, 2.45) is 7.05 Å². The van der Waals surface area contributed by atoms with Crippen molar-refractivity contribution in [3.05, 3.63) is 30.6 Å². The summed E-state index contributed by atoms with van der Waals surface area (Å²) in [5, 5.41) is 12.6. The highest BCUT2D eigenvalue weighted by atomic mass is 16.5. The lowest BCUT2D eigenvalue weighted by molar-refractivity contribution is 0.0327. The first-order chi connectivity index (χ1) is 12.7. The van der Waals surface area contributed by atoms with Gasteiger partial charge < -0.3 is 15.0 Å². The molecule has 132 valence electrons. The molecule has 0 aliphatic heterocycles. The van der Waals surface area contributed by atoms with Crippen LogP contribution in [0.4, 0.5) is 5.95 Å². The number of ether oxygens (including phenoxy) is 1. The van der Waals surface area contributed by atoms with Gasteiger partial charge in [-0.2, -0.15) is 4.98 Å². The Labute approximate surface area is 149 Å². The zero-order valence-electron chi connectivity index (χ0n) is 14.6. The van der Waals surface area contributed by atoms with Gasteiger partial charge in [-0.15, -0.1) is 5.10 Å². The van der Waals surface area contributed by atoms with Gasteiger partial charge in [-0.3, -0.25) is 0 Å². The van der Waals surface area contributed by atoms with E-state index in [1.807, 2.05) is 31.6 Å². The topological polar surface area (TPSA) is 93.5 Å². The molecule has 0 unspecified atom stereocenters. The Balaban J connectivity index is 1.46. The number of aromatic nitrogens is 6. The largest absolute Gasteiger partial charge is 0.381 e. The number of hydrogen-bond acceptors (Lipinski definition) is 6. The van der Waals surface area contributed by atoms with Gasteiger partial charge in [0.05, 0.1) is 11.6 Å². The molecule has 8 nitrogen and oxygen atoms in total. The first-order valence-corrected chi connectivity index (χ1v) is 8.64. The van der Waals surface area contributed by atoms with E-state index in [4.69, 9.17) is 4.74 Å². The molecule has 0 saturated heterocycles. The van der Waals surface area contributed by atoms with Gasteiger partial charge in [0, 0.05) is 43.5 Å². The number of aromatic amines is 1. The first kappa shape index (κ1) is 15.3. The van der Waals surface area contributed by atoms with Crippen LogP contribution >= 0.6 is 0 Å². The van der Waals surface area contributed by atoms with E-state index in [2.05, 4.69) is 36.6 Å². The molecule has 26 heavy (non-hydrogen) atoms. The SMILES string of the molecule is CO[C@H]1C[C@@H](Nc2ncc3c(-c4ccc5nnn(C)c5c4)c[nH]c3n2)C1. The second-order valence-corrected chi connectivity index (χ2v) is 6.75. The van der Waals surface area contributed by atoms with Crippen LogP contribution in [0.2, 0.25) is 0 Å². The molecule has 8 heteroatoms. The fourth-order valence-electron chi connectivity index (χ4n) is 3.47. The summed E-state index contributed by atoms with van der Waals surface area (Å²) in [6.45, 7) is 0. The summed E-state index contributed by atoms with van der Waals surface area (Å²) < 4.78 is 7.09. The number of aryl methyl sites for hydroxylation is 1. The Morgan fingerprint density at radius 3 is 3.04 bits per heavy atom. The normalized spacial score (nSPS) is 19.8. The second-order valence-electron chi connectivity index (χ2n) is 6.75. The van der Waals surface area contributed by atoms with Crippen LogP contribution in [0, 0.1) is 0 Å². The van der Waals surface area contributed by atoms with Crippen molar-refractivity contribution in [2.75, 3.05) is 12.4 Å². The lowest BCUT2D eigenvalue weighted by Crippen LogP contribution is -2.40. The van der Waals surface area contributed by atoms with Crippen molar-refractivity contribution in [3.8, 4) is 11.1 Å². The van der Waals surface area contributed by atoms with Crippen LogP contribution in [0.25, 0.3) is 33.2 Å². The molecular formula is C18H19N7O. The molecule has 0 amide bonds. The number of benzene rings is 1. The predicted molar refractivity (Wildman–Crippen MR) is 98.8 cm³/mol. The van der Waals surface area contributed by atoms with Gasteiger partial charge in [0.15, 0.2) is 0 Å². The Morgan fingerprint density at radius 1 is 1.31 bits per heavy atom. The molecule has 0 spiro atoms. The molecule has 1 aliphatic rings. The molecule has 4 aromatic rings. The maximum absolute atomic E-state index is 5.31. The fraction of sp³-hybridized carbons (Fsp3) is 0.333. The summed E-state index contributed by atoms with van der Waals surface area (Å²) in [6.07, 6.45) is 6.18. The number of nitrogens with one attached hydrogen (secondary N) is 2. The summed E-state index contributed by atoms with van der Waals surface area (Å²) in [7, 11) is 3.65. The monoisotopic (exact) mass is 349 g/mol. The van der Waals surface area contributed by atoms with E-state index in [0.29, 0.717) is 18.1 Å². The van der Waals surface area contributed by atoms with Crippen LogP contribution in [0.15, 0.2) is 30.6 Å². The molecule has 1 aliphatic carbocycles. The number of anilines is 1. The number of fused-ring (bicyclic) bond motifs is 2. The van der Waals surface area contributed by atoms with Crippen LogP contribution < -0.4 is 5.32 Å². The molecule has 1 aromatic carbocycles. The molecule has 3 aromatic heterocycles. The highest BCUT2D eigenvalue weighted by molar-refractivity contribution is 5.95. The summed E-state index contributed by atoms with van der Waals surface area (Å²) in [6, 6.07) is 6.50. The fourth-order valence-corrected chi connectivity index (χ4v) is 3.47. The van der Waals surface area contributed by atoms with E-state index in [0.717, 1.165) is 46.0 Å². The third-order valence-electron chi connectivity index (χ3n) is 5.12. The number of H-pyrrole nitrogens is 1. The minimum Gasteiger partial charge on any atom is -0.381 e. The van der Waals surface area contributed by atoms with Crippen molar-refractivity contribution in [1.82, 2.24) is 29.9 Å². The van der Waals surface area contributed by atoms with Gasteiger partial charge >= 0.3 is 0 Å². The molecule has 5 rings (SSSR count). The first-order valence-electron chi connectivity index (χ1n) is 8.64. The molecule has 2 N–H and O–H groups in total. The summed E-state index contributed by atoms with van der Waals surface area (Å²) in [5.74, 6) is 0.650. The van der Waals surface area contributed by atoms with Gasteiger partial charge in [-0.1, -0.05) is 11.3 Å². The van der Waals surface area contributed by atoms with E-state index in [1.165, 1.54) is 0 Å². The Hall–Kier alpha value is -3.00. The minimum absolute atomic E-state index is 0.352. The number of rotatable bonds is 4. The van der Waals surface area contributed by atoms with Gasteiger partial charge in [-0.05, 0) is 30.5 Å². The molecule has 3 heterocycles. The molecular weight excluding hydrogens is 330 g/mol. The number of hydrogen-bond donors (Lipinski definition) is 2. The highest BCUT2D eigenvalue weighted by Crippen LogP contribution is 2.30. The molecule has 0 bridgehead atoms. The number of nitrogens with zero attached hydrogens (tertiary/aromatic N) is 5. The lowest BCUT2D eigenvalue weighted by Gasteiger charge is -2.34. The van der Waals surface area contributed by atoms with Crippen LogP contribution in [0.3, 0.4) is 0 Å². The molecule has 0 atom stereocenters. The third-order valence-corrected chi connectivity index (χ3v) is 5.12. The zero-order chi connectivity index (χ0) is 17.7. The highest BCUT2D eigenvalue weighted by Gasteiger charge is 2.29. The molecule has 0 radical (unpaired) electrons. The maximum atomic E-state index is 5.31. The number of methoxy groups -OCH3 is 1. The van der Waals surface area contributed by atoms with Gasteiger partial charge in [-0.25, -0.2) is 9.67 Å². The van der Waals surface area contributed by atoms with Gasteiger partial charge in [0.25, 0.3) is 0 Å². The van der Waals surface area contributed by atoms with Crippen LogP contribution in [0.5, 0.6) is 0 Å². The van der Waals surface area contributed by atoms with Crippen LogP contribution in [-0.2, 0) is 11.8 Å². The van der Waals surface area contributed by atoms with E-state index >= 15 is 0 Å². The Morgan fingerprint density at radius 2 is 2.19 bits per heavy atom. The average Bonchev–Trinajstić information content (AvgIpc) is 3.21. The Kier molecular flexibility index (Phi) is 3.39. The zero-order valence-corrected chi connectivity index (χ0v) is 14.6. The summed E-state index contributed by atoms with van der Waals surface area (Å²) in [4.78, 5) is 12.4. The molecule has 1 saturated carbocycles. The predicted octanol–water partition coefficient (Wildman–Crippen LogP) is 2.50. The van der Waals surface area contributed by atoms with E-state index in [1.54, 1.807) is 11.8 Å². The van der Waals surface area contributed by atoms with E-state index < -0.39 is 0 Å². The maximum Gasteiger partial charge on any atom is 0.224 e. The smallest absolute Gasteiger partial charge is 0.224 e. The lowest BCUT2D eigenvalue weighted by atomic mass is 9.89. The van der Waals surface area contributed by atoms with Crippen molar-refractivity contribution in [3.63, 3.8) is 0 Å². The van der Waals surface area contributed by atoms with Crippen LogP contribution in [-0.4, -0.2) is 49.2 Å². The van der Waals surface area contributed by atoms with Crippen molar-refractivity contribution < 1.29 is 4.74 Å². The quantitative estimate of drug-likeness (QED) is 0.588. The van der Waals surface area contributed by atoms with Crippen molar-refractivity contribution >= 4 is 28.0 Å². The van der Waals surface area contributed by atoms with E-state index in [-0.39, 0.29) is 0 Å². The third kappa shape index (κ3) is 2.41. The van der Waals surface area contributed by atoms with Gasteiger partial charge in [0.2, 0.25) is 5.95 Å². The van der Waals surface area contributed by atoms with Crippen molar-refractivity contribution in [1.29, 1.82) is 0 Å². The second kappa shape index (κ2) is 5.77. The van der Waals surface area contributed by atoms with Gasteiger partial charge in [0.1, 0.15) is 11.2 Å². The summed E-state index contributed by atoms with van der Waals surface area (Å²) >= 11 is 0. The summed E-state index contributed by atoms with van der Waals surface area (Å²) in [5.41, 5.74) is 4.85. The van der Waals surface area contributed by atoms with E-state index in [9.17, 15) is 0 Å². The Bertz CT molecular complexity index is 1090. The van der Waals surface area contributed by atoms with Crippen LogP contribution in [0.1, 0.15) is 12.8 Å². The average molecular weight is 349 g/mol.